The van der Waals surface area contributed by atoms with Crippen molar-refractivity contribution in [3.63, 3.8) is 0 Å². The number of hydrogen-bond donors (Lipinski definition) is 1. The van der Waals surface area contributed by atoms with Gasteiger partial charge in [0.05, 0.1) is 0 Å². The topological polar surface area (TPSA) is 60.2 Å². The molecule has 0 unspecified atom stereocenters. The van der Waals surface area contributed by atoms with Crippen molar-refractivity contribution in [2.45, 2.75) is 5.51 Å². The van der Waals surface area contributed by atoms with Crippen molar-refractivity contribution < 1.29 is 38.7 Å². The fourth-order valence-electron chi connectivity index (χ4n) is 0. The normalized spacial score (nSPS) is 12.4. The summed E-state index contributed by atoms with van der Waals surface area (Å²) >= 11 is 0. The molecule has 0 amide bonds. The first-order valence-corrected chi connectivity index (χ1v) is 2.89. The summed E-state index contributed by atoms with van der Waals surface area (Å²) in [6.07, 6.45) is 0. The van der Waals surface area contributed by atoms with Crippen molar-refractivity contribution in [1.29, 1.82) is 0 Å². The summed E-state index contributed by atoms with van der Waals surface area (Å²) in [5.41, 5.74) is -5.31. The average molecular weight is 213 g/mol. The number of rotatable bonds is 0. The molecule has 0 aliphatic carbocycles. The van der Waals surface area contributed by atoms with Crippen molar-refractivity contribution in [1.82, 2.24) is 0 Å². The zero-order valence-electron chi connectivity index (χ0n) is 3.74. The van der Waals surface area contributed by atoms with Gasteiger partial charge in [-0.2, -0.15) is 13.2 Å². The van der Waals surface area contributed by atoms with Crippen LogP contribution in [0, 0.1) is 0 Å². The van der Waals surface area contributed by atoms with E-state index in [0.29, 0.717) is 0 Å². The molecule has 1 radical (unpaired) electrons. The molecule has 2 N–H and O–H groups in total. The van der Waals surface area contributed by atoms with Gasteiger partial charge in [0, 0.05) is 17.1 Å². The van der Waals surface area contributed by atoms with Crippen LogP contribution in [0.2, 0.25) is 0 Å². The summed E-state index contributed by atoms with van der Waals surface area (Å²) in [5.74, 6) is 0. The minimum absolute atomic E-state index is 0. The number of nitrogens with two attached hydrogens (primary N) is 1. The van der Waals surface area contributed by atoms with E-state index in [9.17, 15) is 21.6 Å². The molecule has 0 saturated carbocycles. The molecule has 0 fully saturated rings. The third-order valence-electron chi connectivity index (χ3n) is 0.323. The van der Waals surface area contributed by atoms with E-state index in [-0.39, 0.29) is 17.1 Å². The molecule has 0 bridgehead atoms. The molecule has 0 aliphatic heterocycles. The quantitative estimate of drug-likeness (QED) is 0.565. The molecule has 61 valence electrons. The molecule has 8 heteroatoms. The molecular weight excluding hydrogens is 211 g/mol. The summed E-state index contributed by atoms with van der Waals surface area (Å²) < 4.78 is 51.2. The van der Waals surface area contributed by atoms with Gasteiger partial charge in [-0.1, -0.05) is 0 Å². The van der Waals surface area contributed by atoms with Crippen LogP contribution in [-0.2, 0) is 27.1 Å². The average Bonchev–Trinajstić information content (AvgIpc) is 1.25. The van der Waals surface area contributed by atoms with E-state index in [1.54, 1.807) is 0 Å². The molecule has 9 heavy (non-hydrogen) atoms. The number of alkyl halides is 3. The monoisotopic (exact) mass is 212 g/mol. The van der Waals surface area contributed by atoms with Crippen LogP contribution in [0.5, 0.6) is 0 Å². The molecule has 0 heterocycles. The zero-order chi connectivity index (χ0) is 7.00. The Labute approximate surface area is 59.9 Å². The largest absolute Gasteiger partial charge is 0.511 e. The van der Waals surface area contributed by atoms with E-state index >= 15 is 0 Å². The van der Waals surface area contributed by atoms with E-state index in [2.05, 4.69) is 5.14 Å². The fraction of sp³-hybridized carbons (Fsp3) is 1.00. The van der Waals surface area contributed by atoms with Crippen molar-refractivity contribution in [3.8, 4) is 0 Å². The van der Waals surface area contributed by atoms with Crippen LogP contribution in [0.25, 0.3) is 0 Å². The van der Waals surface area contributed by atoms with E-state index in [0.717, 1.165) is 0 Å². The molecular formula is CH2CuF3NO2S. The van der Waals surface area contributed by atoms with Crippen LogP contribution < -0.4 is 5.14 Å². The molecule has 3 nitrogen and oxygen atoms in total. The Hall–Kier alpha value is 0.219. The van der Waals surface area contributed by atoms with E-state index in [1.165, 1.54) is 0 Å². The SMILES string of the molecule is NS(=O)(=O)C(F)(F)F.[Cu]. The molecule has 0 saturated heterocycles. The third-order valence-corrected chi connectivity index (χ3v) is 0.968. The van der Waals surface area contributed by atoms with Gasteiger partial charge in [0.2, 0.25) is 0 Å². The minimum atomic E-state index is -5.34. The predicted octanol–water partition coefficient (Wildman–Crippen LogP) is -0.208. The number of sulfonamides is 1. The Balaban J connectivity index is 0. The molecule has 0 spiro atoms. The Bertz CT molecular complexity index is 171. The van der Waals surface area contributed by atoms with Gasteiger partial charge in [0.15, 0.2) is 0 Å². The Morgan fingerprint density at radius 1 is 1.22 bits per heavy atom. The first kappa shape index (κ1) is 12.0. The van der Waals surface area contributed by atoms with Gasteiger partial charge < -0.3 is 0 Å². The predicted molar refractivity (Wildman–Crippen MR) is 19.2 cm³/mol. The zero-order valence-corrected chi connectivity index (χ0v) is 5.50. The van der Waals surface area contributed by atoms with Gasteiger partial charge in [-0.15, -0.1) is 0 Å². The molecule has 0 atom stereocenters. The molecule has 0 aromatic rings. The van der Waals surface area contributed by atoms with E-state index in [4.69, 9.17) is 0 Å². The van der Waals surface area contributed by atoms with Gasteiger partial charge in [0.25, 0.3) is 0 Å². The Kier molecular flexibility index (Phi) is 3.81. The van der Waals surface area contributed by atoms with Gasteiger partial charge in [0.1, 0.15) is 0 Å². The van der Waals surface area contributed by atoms with Crippen molar-refractivity contribution in [3.05, 3.63) is 0 Å². The summed E-state index contributed by atoms with van der Waals surface area (Å²) in [5, 5.41) is 3.66. The van der Waals surface area contributed by atoms with Crippen LogP contribution in [0.3, 0.4) is 0 Å². The van der Waals surface area contributed by atoms with Crippen LogP contribution in [0.1, 0.15) is 0 Å². The van der Waals surface area contributed by atoms with Crippen molar-refractivity contribution in [2.75, 3.05) is 0 Å². The molecule has 0 aliphatic rings. The van der Waals surface area contributed by atoms with Gasteiger partial charge >= 0.3 is 15.5 Å². The smallest absolute Gasteiger partial charge is 0.221 e. The fourth-order valence-corrected chi connectivity index (χ4v) is 0. The second-order valence-corrected chi connectivity index (χ2v) is 2.54. The van der Waals surface area contributed by atoms with Crippen LogP contribution in [-0.4, -0.2) is 13.9 Å². The van der Waals surface area contributed by atoms with Crippen molar-refractivity contribution >= 4 is 10.0 Å². The summed E-state index contributed by atoms with van der Waals surface area (Å²) in [6, 6.07) is 0. The molecule has 0 rings (SSSR count). The maximum absolute atomic E-state index is 10.8. The standard InChI is InChI=1S/CH2F3NO2S.Cu/c2-1(3,4)8(5,6)7;/h(H2,5,6,7);. The first-order chi connectivity index (χ1) is 3.25. The van der Waals surface area contributed by atoms with Gasteiger partial charge in [-0.3, -0.25) is 0 Å². The molecule has 0 aromatic heterocycles. The Morgan fingerprint density at radius 3 is 1.33 bits per heavy atom. The second-order valence-electron chi connectivity index (χ2n) is 0.991. The first-order valence-electron chi connectivity index (χ1n) is 1.34. The minimum Gasteiger partial charge on any atom is -0.221 e. The number of primary sulfonamides is 1. The number of hydrogen-bond acceptors (Lipinski definition) is 2. The third kappa shape index (κ3) is 3.74. The maximum Gasteiger partial charge on any atom is 0.511 e. The summed E-state index contributed by atoms with van der Waals surface area (Å²) in [4.78, 5) is 0. The summed E-state index contributed by atoms with van der Waals surface area (Å²) in [7, 11) is -5.34. The molecule has 0 aromatic carbocycles. The summed E-state index contributed by atoms with van der Waals surface area (Å²) in [6.45, 7) is 0. The van der Waals surface area contributed by atoms with Crippen LogP contribution >= 0.6 is 0 Å². The van der Waals surface area contributed by atoms with E-state index in [1.807, 2.05) is 0 Å². The second kappa shape index (κ2) is 2.87. The number of halogens is 3. The maximum atomic E-state index is 10.8. The van der Waals surface area contributed by atoms with E-state index < -0.39 is 15.5 Å². The van der Waals surface area contributed by atoms with Crippen LogP contribution in [0.15, 0.2) is 0 Å². The van der Waals surface area contributed by atoms with Crippen molar-refractivity contribution in [2.24, 2.45) is 5.14 Å². The van der Waals surface area contributed by atoms with Gasteiger partial charge in [-0.25, -0.2) is 13.6 Å². The Morgan fingerprint density at radius 2 is 1.33 bits per heavy atom. The van der Waals surface area contributed by atoms with Crippen LogP contribution in [0.4, 0.5) is 13.2 Å². The van der Waals surface area contributed by atoms with Gasteiger partial charge in [-0.05, 0) is 0 Å².